The van der Waals surface area contributed by atoms with Crippen molar-refractivity contribution < 1.29 is 32.1 Å². The van der Waals surface area contributed by atoms with Crippen LogP contribution in [0.15, 0.2) is 0 Å². The van der Waals surface area contributed by atoms with E-state index in [1.807, 2.05) is 51.4 Å². The maximum atomic E-state index is 10.3. The van der Waals surface area contributed by atoms with Crippen LogP contribution in [0.25, 0.3) is 0 Å². The van der Waals surface area contributed by atoms with Crippen LogP contribution in [0.4, 0.5) is 0 Å². The summed E-state index contributed by atoms with van der Waals surface area (Å²) in [6.45, 7) is 0. The van der Waals surface area contributed by atoms with Gasteiger partial charge in [0.1, 0.15) is 0 Å². The van der Waals surface area contributed by atoms with Crippen LogP contribution in [-0.2, 0) is 21.9 Å². The van der Waals surface area contributed by atoms with Crippen LogP contribution >= 0.6 is 22.6 Å². The van der Waals surface area contributed by atoms with Crippen LogP contribution < -0.4 is 0 Å². The first-order valence-electron chi connectivity index (χ1n) is 6.09. The molecule has 0 spiro atoms. The van der Waals surface area contributed by atoms with Gasteiger partial charge in [-0.15, -0.1) is 0 Å². The normalized spacial score (nSPS) is 20.9. The molecule has 2 aliphatic rings. The van der Waals surface area contributed by atoms with Gasteiger partial charge in [-0.2, -0.15) is 0 Å². The molecule has 0 unspecified atom stereocenters. The Bertz CT molecular complexity index is 252. The van der Waals surface area contributed by atoms with Crippen LogP contribution in [0, 0.1) is 61.2 Å². The SMILES string of the molecule is O=C(O)CCC[C@H](O)[C]1[CH][CH][CH][C]1I.[CH]1[CH][CH][CH][CH]1.[Fe+2]. The van der Waals surface area contributed by atoms with E-state index < -0.39 is 12.1 Å². The molecule has 0 aliphatic heterocycles. The Labute approximate surface area is 146 Å². The number of aliphatic carboxylic acids is 1. The van der Waals surface area contributed by atoms with Gasteiger partial charge in [0.2, 0.25) is 0 Å². The molecule has 5 heteroatoms. The molecule has 2 N–H and O–H groups in total. The van der Waals surface area contributed by atoms with Gasteiger partial charge in [0.15, 0.2) is 0 Å². The van der Waals surface area contributed by atoms with Crippen molar-refractivity contribution in [3.8, 4) is 0 Å². The summed E-state index contributed by atoms with van der Waals surface area (Å²) < 4.78 is 1.03. The van der Waals surface area contributed by atoms with E-state index in [2.05, 4.69) is 22.6 Å². The van der Waals surface area contributed by atoms with Crippen LogP contribution in [0.2, 0.25) is 0 Å². The Morgan fingerprint density at radius 3 is 2.05 bits per heavy atom. The van der Waals surface area contributed by atoms with Gasteiger partial charge in [-0.25, -0.2) is 0 Å². The molecule has 1 atom stereocenters. The number of hydrogen-bond acceptors (Lipinski definition) is 2. The first-order valence-corrected chi connectivity index (χ1v) is 7.16. The number of carboxylic acid groups (broad SMARTS) is 1. The summed E-state index contributed by atoms with van der Waals surface area (Å²) >= 11 is 2.16. The Kier molecular flexibility index (Phi) is 12.7. The van der Waals surface area contributed by atoms with Gasteiger partial charge in [-0.3, -0.25) is 4.79 Å². The maximum Gasteiger partial charge on any atom is 2.00 e. The molecule has 2 saturated carbocycles. The van der Waals surface area contributed by atoms with Crippen molar-refractivity contribution in [2.75, 3.05) is 0 Å². The van der Waals surface area contributed by atoms with Gasteiger partial charge in [0, 0.05) is 12.3 Å². The van der Waals surface area contributed by atoms with E-state index in [-0.39, 0.29) is 23.5 Å². The van der Waals surface area contributed by atoms with Crippen molar-refractivity contribution >= 4 is 28.6 Å². The van der Waals surface area contributed by atoms with Gasteiger partial charge in [-0.05, 0) is 64.2 Å². The molecular weight excluding hydrogens is 411 g/mol. The average Bonchev–Trinajstić information content (AvgIpc) is 3.01. The summed E-state index contributed by atoms with van der Waals surface area (Å²) in [5, 5.41) is 18.1. The first kappa shape index (κ1) is 20.7. The number of carboxylic acids is 1. The zero-order chi connectivity index (χ0) is 14.1. The van der Waals surface area contributed by atoms with Gasteiger partial charge in [0.25, 0.3) is 0 Å². The minimum absolute atomic E-state index is 0. The van der Waals surface area contributed by atoms with E-state index in [1.165, 1.54) is 0 Å². The van der Waals surface area contributed by atoms with E-state index in [9.17, 15) is 9.90 Å². The minimum atomic E-state index is -0.811. The van der Waals surface area contributed by atoms with Gasteiger partial charge in [0.05, 0.1) is 10.0 Å². The zero-order valence-corrected chi connectivity index (χ0v) is 14.1. The second-order valence-corrected chi connectivity index (χ2v) is 5.26. The van der Waals surface area contributed by atoms with E-state index >= 15 is 0 Å². The minimum Gasteiger partial charge on any atom is -0.481 e. The molecule has 0 aromatic carbocycles. The van der Waals surface area contributed by atoms with Crippen LogP contribution in [-0.4, -0.2) is 22.3 Å². The van der Waals surface area contributed by atoms with Crippen molar-refractivity contribution in [2.24, 2.45) is 0 Å². The third-order valence-corrected chi connectivity index (χ3v) is 3.56. The molecule has 108 valence electrons. The van der Waals surface area contributed by atoms with Crippen molar-refractivity contribution in [3.05, 3.63) is 61.2 Å². The van der Waals surface area contributed by atoms with Gasteiger partial charge < -0.3 is 10.2 Å². The third kappa shape index (κ3) is 8.85. The van der Waals surface area contributed by atoms with Crippen LogP contribution in [0.1, 0.15) is 19.3 Å². The number of carbonyl (C=O) groups is 1. The number of halogens is 1. The van der Waals surface area contributed by atoms with E-state index in [0.29, 0.717) is 12.8 Å². The molecule has 0 aromatic heterocycles. The quantitative estimate of drug-likeness (QED) is 0.524. The molecular formula is C15H17FeIO3+2. The molecule has 2 aliphatic carbocycles. The second-order valence-electron chi connectivity index (χ2n) is 4.09. The number of aliphatic hydroxyl groups excluding tert-OH is 1. The largest absolute Gasteiger partial charge is 2.00 e. The molecule has 0 bridgehead atoms. The van der Waals surface area contributed by atoms with Gasteiger partial charge in [-0.1, -0.05) is 22.6 Å². The number of hydrogen-bond donors (Lipinski definition) is 2. The molecule has 10 radical (unpaired) electrons. The summed E-state index contributed by atoms with van der Waals surface area (Å²) in [5.74, 6) is 0.0883. The molecule has 0 saturated heterocycles. The fourth-order valence-electron chi connectivity index (χ4n) is 1.61. The third-order valence-electron chi connectivity index (χ3n) is 2.58. The van der Waals surface area contributed by atoms with Crippen LogP contribution in [0.3, 0.4) is 0 Å². The first-order chi connectivity index (χ1) is 9.11. The molecule has 0 amide bonds. The Balaban J connectivity index is 0.000000507. The van der Waals surface area contributed by atoms with E-state index in [0.717, 1.165) is 9.84 Å². The molecule has 20 heavy (non-hydrogen) atoms. The smallest absolute Gasteiger partial charge is 0.481 e. The molecule has 0 heterocycles. The van der Waals surface area contributed by atoms with Crippen molar-refractivity contribution in [3.63, 3.8) is 0 Å². The summed E-state index contributed by atoms with van der Waals surface area (Å²) in [5.41, 5.74) is 0. The fraction of sp³-hybridized carbons (Fsp3) is 0.267. The maximum absolute atomic E-state index is 10.3. The zero-order valence-electron chi connectivity index (χ0n) is 10.9. The number of aliphatic hydroxyl groups is 1. The van der Waals surface area contributed by atoms with Crippen molar-refractivity contribution in [1.29, 1.82) is 0 Å². The summed E-state index contributed by atoms with van der Waals surface area (Å²) in [4.78, 5) is 10.3. The second kappa shape index (κ2) is 12.2. The Hall–Kier alpha value is 0.679. The topological polar surface area (TPSA) is 57.5 Å². The summed E-state index contributed by atoms with van der Waals surface area (Å²) in [6.07, 6.45) is 16.3. The van der Waals surface area contributed by atoms with Gasteiger partial charge >= 0.3 is 23.0 Å². The predicted octanol–water partition coefficient (Wildman–Crippen LogP) is 2.79. The standard InChI is InChI=1S/C10H12IO3.C5H5.Fe/c11-8-4-1-3-7(8)9(12)5-2-6-10(13)14;1-2-4-5-3-1;/h1,3-4,9,12H,2,5-6H2,(H,13,14);1-5H;/q;;+2/t9-;;/m0../s1. The molecule has 2 rings (SSSR count). The molecule has 3 nitrogen and oxygen atoms in total. The number of rotatable bonds is 5. The average molecular weight is 428 g/mol. The predicted molar refractivity (Wildman–Crippen MR) is 82.4 cm³/mol. The Morgan fingerprint density at radius 1 is 1.10 bits per heavy atom. The van der Waals surface area contributed by atoms with Crippen molar-refractivity contribution in [1.82, 2.24) is 0 Å². The summed E-state index contributed by atoms with van der Waals surface area (Å²) in [7, 11) is 0. The van der Waals surface area contributed by atoms with E-state index in [1.54, 1.807) is 0 Å². The van der Waals surface area contributed by atoms with Crippen molar-refractivity contribution in [2.45, 2.75) is 25.4 Å². The fourth-order valence-corrected chi connectivity index (χ4v) is 2.35. The van der Waals surface area contributed by atoms with Crippen LogP contribution in [0.5, 0.6) is 0 Å². The molecule has 2 fully saturated rings. The molecule has 0 aromatic rings. The van der Waals surface area contributed by atoms with E-state index in [4.69, 9.17) is 5.11 Å². The monoisotopic (exact) mass is 428 g/mol. The summed E-state index contributed by atoms with van der Waals surface area (Å²) in [6, 6.07) is 0. The Morgan fingerprint density at radius 2 is 1.65 bits per heavy atom.